The molecule has 2 aromatic rings. The first-order valence-corrected chi connectivity index (χ1v) is 21.7. The average molecular weight is 852 g/mol. The number of phenols is 1. The molecule has 1 heterocycles. The third kappa shape index (κ3) is 13.7. The third-order valence-corrected chi connectivity index (χ3v) is 12.3. The molecule has 0 aliphatic carbocycles. The highest BCUT2D eigenvalue weighted by atomic mass is 16.5. The summed E-state index contributed by atoms with van der Waals surface area (Å²) in [6.07, 6.45) is 0.929. The molecule has 4 amide bonds. The van der Waals surface area contributed by atoms with E-state index in [4.69, 9.17) is 14.2 Å². The van der Waals surface area contributed by atoms with Crippen LogP contribution in [0.1, 0.15) is 85.3 Å². The topological polar surface area (TPSA) is 167 Å². The molecule has 1 fully saturated rings. The normalized spacial score (nSPS) is 18.1. The van der Waals surface area contributed by atoms with E-state index in [9.17, 15) is 29.1 Å². The summed E-state index contributed by atoms with van der Waals surface area (Å²) in [5.74, 6) is -2.60. The van der Waals surface area contributed by atoms with Crippen LogP contribution in [0.4, 0.5) is 0 Å². The summed E-state index contributed by atoms with van der Waals surface area (Å²) in [5, 5.41) is 15.7. The summed E-state index contributed by atoms with van der Waals surface area (Å²) in [6.45, 7) is 14.5. The Bertz CT molecular complexity index is 1710. The molecular formula is C47H73N5O9. The van der Waals surface area contributed by atoms with E-state index in [0.29, 0.717) is 32.4 Å². The van der Waals surface area contributed by atoms with Gasteiger partial charge in [-0.1, -0.05) is 97.4 Å². The van der Waals surface area contributed by atoms with E-state index in [1.54, 1.807) is 43.0 Å². The van der Waals surface area contributed by atoms with Gasteiger partial charge in [0.05, 0.1) is 49.8 Å². The number of nitrogens with one attached hydrogen (secondary N) is 2. The Morgan fingerprint density at radius 3 is 2.02 bits per heavy atom. The van der Waals surface area contributed by atoms with E-state index in [0.717, 1.165) is 11.1 Å². The van der Waals surface area contributed by atoms with Gasteiger partial charge < -0.3 is 39.8 Å². The zero-order valence-corrected chi connectivity index (χ0v) is 38.6. The van der Waals surface area contributed by atoms with E-state index in [-0.39, 0.29) is 60.0 Å². The fourth-order valence-electron chi connectivity index (χ4n) is 8.77. The molecule has 2 aromatic carbocycles. The fourth-order valence-corrected chi connectivity index (χ4v) is 8.77. The SMILES string of the molecule is CC[C@H](C)C([C@@H](CC(=O)N1CCC[C@H]1[C@H](OC)[C@@H](C)C(=O)N[C@@H](Cc1ccccc1)C(=O)OC)OC)N(C)C(=O)[C@@H](NC(=O)C(C(C)C)N(C)Cc1ccc(O)cc1)C(C)C. The minimum Gasteiger partial charge on any atom is -0.508 e. The minimum atomic E-state index is -0.904. The summed E-state index contributed by atoms with van der Waals surface area (Å²) >= 11 is 0. The summed E-state index contributed by atoms with van der Waals surface area (Å²) in [4.78, 5) is 74.7. The van der Waals surface area contributed by atoms with Crippen LogP contribution in [0.3, 0.4) is 0 Å². The molecule has 14 nitrogen and oxygen atoms in total. The molecule has 0 bridgehead atoms. The number of benzene rings is 2. The number of amides is 4. The van der Waals surface area contributed by atoms with Gasteiger partial charge >= 0.3 is 5.97 Å². The number of hydrogen-bond acceptors (Lipinski definition) is 10. The molecule has 9 atom stereocenters. The molecule has 340 valence electrons. The quantitative estimate of drug-likeness (QED) is 0.132. The maximum Gasteiger partial charge on any atom is 0.328 e. The predicted octanol–water partition coefficient (Wildman–Crippen LogP) is 4.81. The van der Waals surface area contributed by atoms with Crippen LogP contribution in [0.2, 0.25) is 0 Å². The molecule has 0 saturated carbocycles. The number of rotatable bonds is 23. The molecule has 14 heteroatoms. The van der Waals surface area contributed by atoms with Gasteiger partial charge in [-0.3, -0.25) is 24.1 Å². The van der Waals surface area contributed by atoms with Gasteiger partial charge in [-0.2, -0.15) is 0 Å². The van der Waals surface area contributed by atoms with Gasteiger partial charge in [0.25, 0.3) is 0 Å². The molecule has 3 rings (SSSR count). The molecular weight excluding hydrogens is 779 g/mol. The predicted molar refractivity (Wildman–Crippen MR) is 235 cm³/mol. The van der Waals surface area contributed by atoms with Crippen LogP contribution in [0.5, 0.6) is 5.75 Å². The minimum absolute atomic E-state index is 0.0195. The van der Waals surface area contributed by atoms with E-state index in [2.05, 4.69) is 10.6 Å². The number of esters is 1. The molecule has 0 spiro atoms. The number of nitrogens with zero attached hydrogens (tertiary/aromatic N) is 3. The zero-order valence-electron chi connectivity index (χ0n) is 38.6. The Hall–Kier alpha value is -4.53. The zero-order chi connectivity index (χ0) is 45.6. The second-order valence-corrected chi connectivity index (χ2v) is 17.4. The molecule has 2 unspecified atom stereocenters. The van der Waals surface area contributed by atoms with Crippen LogP contribution in [-0.2, 0) is 51.1 Å². The van der Waals surface area contributed by atoms with Crippen molar-refractivity contribution < 1.29 is 43.3 Å². The summed E-state index contributed by atoms with van der Waals surface area (Å²) in [6, 6.07) is 13.0. The molecule has 61 heavy (non-hydrogen) atoms. The summed E-state index contributed by atoms with van der Waals surface area (Å²) < 4.78 is 17.0. The van der Waals surface area contributed by atoms with Crippen molar-refractivity contribution in [3.63, 3.8) is 0 Å². The Kier molecular flexibility index (Phi) is 20.2. The van der Waals surface area contributed by atoms with Gasteiger partial charge in [-0.05, 0) is 60.9 Å². The van der Waals surface area contributed by atoms with Gasteiger partial charge in [-0.15, -0.1) is 0 Å². The largest absolute Gasteiger partial charge is 0.508 e. The number of ether oxygens (including phenoxy) is 3. The number of methoxy groups -OCH3 is 3. The Morgan fingerprint density at radius 1 is 0.836 bits per heavy atom. The van der Waals surface area contributed by atoms with E-state index >= 15 is 0 Å². The van der Waals surface area contributed by atoms with Crippen molar-refractivity contribution in [3.8, 4) is 5.75 Å². The van der Waals surface area contributed by atoms with Crippen molar-refractivity contribution in [2.45, 2.75) is 130 Å². The van der Waals surface area contributed by atoms with Crippen LogP contribution >= 0.6 is 0 Å². The lowest BCUT2D eigenvalue weighted by atomic mass is 9.89. The fraction of sp³-hybridized carbons (Fsp3) is 0.638. The summed E-state index contributed by atoms with van der Waals surface area (Å²) in [7, 11) is 7.94. The van der Waals surface area contributed by atoms with Gasteiger partial charge in [-0.25, -0.2) is 4.79 Å². The van der Waals surface area contributed by atoms with Crippen molar-refractivity contribution >= 4 is 29.6 Å². The van der Waals surface area contributed by atoms with Crippen molar-refractivity contribution in [2.24, 2.45) is 23.7 Å². The van der Waals surface area contributed by atoms with Crippen LogP contribution in [0.15, 0.2) is 54.6 Å². The second-order valence-electron chi connectivity index (χ2n) is 17.4. The number of hydrogen-bond donors (Lipinski definition) is 3. The van der Waals surface area contributed by atoms with Gasteiger partial charge in [0, 0.05) is 40.8 Å². The molecule has 1 aliphatic heterocycles. The number of carbonyl (C=O) groups excluding carboxylic acids is 5. The summed E-state index contributed by atoms with van der Waals surface area (Å²) in [5.41, 5.74) is 1.81. The first-order valence-electron chi connectivity index (χ1n) is 21.7. The van der Waals surface area contributed by atoms with E-state index < -0.39 is 54.3 Å². The van der Waals surface area contributed by atoms with Crippen molar-refractivity contribution in [1.82, 2.24) is 25.3 Å². The van der Waals surface area contributed by atoms with Crippen LogP contribution in [0, 0.1) is 23.7 Å². The first-order chi connectivity index (χ1) is 28.9. The highest BCUT2D eigenvalue weighted by Crippen LogP contribution is 2.30. The number of aromatic hydroxyl groups is 1. The van der Waals surface area contributed by atoms with Crippen molar-refractivity contribution in [3.05, 3.63) is 65.7 Å². The van der Waals surface area contributed by atoms with Crippen molar-refractivity contribution in [1.29, 1.82) is 0 Å². The Morgan fingerprint density at radius 2 is 1.48 bits per heavy atom. The second kappa shape index (κ2) is 24.2. The van der Waals surface area contributed by atoms with Gasteiger partial charge in [0.2, 0.25) is 23.6 Å². The Labute approximate surface area is 364 Å². The standard InChI is InChI=1S/C47H73N5O9/c1-13-31(6)42(51(9)46(57)40(29(2)3)49-45(56)41(30(4)5)50(8)28-34-21-23-35(53)24-22-34)38(59-10)27-39(54)52-25-17-20-37(52)43(60-11)32(7)44(55)48-36(47(58)61-12)26-33-18-15-14-16-19-33/h14-16,18-19,21-24,29-32,36-38,40-43,53H,13,17,20,25-28H2,1-12H3,(H,48,55)(H,49,56)/t31-,32+,36-,37-,38+,40-,41?,42?,43+/m0/s1. The number of carbonyl (C=O) groups is 5. The lowest BCUT2D eigenvalue weighted by Crippen LogP contribution is -2.60. The number of likely N-dealkylation sites (tertiary alicyclic amines) is 1. The Balaban J connectivity index is 1.79. The number of likely N-dealkylation sites (N-methyl/N-ethyl adjacent to an activating group) is 2. The molecule has 0 aromatic heterocycles. The molecule has 0 radical (unpaired) electrons. The highest BCUT2D eigenvalue weighted by molar-refractivity contribution is 5.90. The number of phenolic OH excluding ortho intramolecular Hbond substituents is 1. The van der Waals surface area contributed by atoms with E-state index in [1.165, 1.54) is 14.2 Å². The smallest absolute Gasteiger partial charge is 0.328 e. The average Bonchev–Trinajstić information content (AvgIpc) is 3.72. The third-order valence-electron chi connectivity index (χ3n) is 12.3. The lowest BCUT2D eigenvalue weighted by molar-refractivity contribution is -0.149. The van der Waals surface area contributed by atoms with Crippen LogP contribution in [0.25, 0.3) is 0 Å². The lowest BCUT2D eigenvalue weighted by Gasteiger charge is -2.41. The molecule has 1 saturated heterocycles. The van der Waals surface area contributed by atoms with Gasteiger partial charge in [0.1, 0.15) is 17.8 Å². The molecule has 1 aliphatic rings. The maximum absolute atomic E-state index is 14.5. The maximum atomic E-state index is 14.5. The first kappa shape index (κ1) is 50.8. The van der Waals surface area contributed by atoms with Gasteiger partial charge in [0.15, 0.2) is 0 Å². The highest BCUT2D eigenvalue weighted by Gasteiger charge is 2.43. The molecule has 3 N–H and O–H groups in total. The van der Waals surface area contributed by atoms with E-state index in [1.807, 2.05) is 96.0 Å². The van der Waals surface area contributed by atoms with Crippen LogP contribution in [-0.4, -0.2) is 134 Å². The monoisotopic (exact) mass is 852 g/mol. The van der Waals surface area contributed by atoms with Crippen LogP contribution < -0.4 is 10.6 Å². The van der Waals surface area contributed by atoms with Crippen molar-refractivity contribution in [2.75, 3.05) is 42.0 Å².